The number of carbonyl (C=O) groups is 3. The Morgan fingerprint density at radius 2 is 1.68 bits per heavy atom. The summed E-state index contributed by atoms with van der Waals surface area (Å²) in [5.41, 5.74) is 4.61. The molecule has 3 N–H and O–H groups in total. The van der Waals surface area contributed by atoms with E-state index in [4.69, 9.17) is 4.74 Å². The molecule has 2 aromatic carbocycles. The van der Waals surface area contributed by atoms with Gasteiger partial charge in [0.15, 0.2) is 0 Å². The Bertz CT molecular complexity index is 1010. The van der Waals surface area contributed by atoms with E-state index in [9.17, 15) is 19.5 Å². The molecule has 0 radical (unpaired) electrons. The second kappa shape index (κ2) is 10.7. The van der Waals surface area contributed by atoms with E-state index in [-0.39, 0.29) is 24.5 Å². The topological polar surface area (TPSA) is 105 Å². The number of benzene rings is 2. The average molecular weight is 465 g/mol. The highest BCUT2D eigenvalue weighted by Gasteiger charge is 2.36. The number of hydrogen-bond acceptors (Lipinski definition) is 4. The predicted molar refractivity (Wildman–Crippen MR) is 128 cm³/mol. The summed E-state index contributed by atoms with van der Waals surface area (Å²) in [6.07, 6.45) is 3.49. The summed E-state index contributed by atoms with van der Waals surface area (Å²) in [6, 6.07) is 15.0. The van der Waals surface area contributed by atoms with Gasteiger partial charge in [-0.1, -0.05) is 74.7 Å². The van der Waals surface area contributed by atoms with E-state index in [1.165, 1.54) is 0 Å². The SMILES string of the molecule is CCCCC(NC(=O)[C@@H]1CCC[C@@H]1NC(=O)OCC1c2ccccc2-c2ccccc21)C(=O)O. The summed E-state index contributed by atoms with van der Waals surface area (Å²) in [5, 5.41) is 14.9. The fourth-order valence-electron chi connectivity index (χ4n) is 5.18. The first-order chi connectivity index (χ1) is 16.5. The molecule has 0 bridgehead atoms. The van der Waals surface area contributed by atoms with E-state index in [1.807, 2.05) is 31.2 Å². The van der Waals surface area contributed by atoms with Crippen molar-refractivity contribution in [2.45, 2.75) is 63.5 Å². The molecule has 1 unspecified atom stereocenters. The molecule has 1 saturated carbocycles. The van der Waals surface area contributed by atoms with E-state index in [0.717, 1.165) is 41.5 Å². The average Bonchev–Trinajstić information content (AvgIpc) is 3.42. The molecule has 2 aliphatic rings. The zero-order valence-corrected chi connectivity index (χ0v) is 19.5. The van der Waals surface area contributed by atoms with Crippen molar-refractivity contribution < 1.29 is 24.2 Å². The molecule has 0 spiro atoms. The van der Waals surface area contributed by atoms with E-state index in [0.29, 0.717) is 19.3 Å². The highest BCUT2D eigenvalue weighted by molar-refractivity contribution is 5.86. The minimum absolute atomic E-state index is 0.0317. The smallest absolute Gasteiger partial charge is 0.407 e. The van der Waals surface area contributed by atoms with Gasteiger partial charge >= 0.3 is 12.1 Å². The van der Waals surface area contributed by atoms with Crippen molar-refractivity contribution in [3.05, 3.63) is 59.7 Å². The zero-order valence-electron chi connectivity index (χ0n) is 19.5. The number of fused-ring (bicyclic) bond motifs is 3. The van der Waals surface area contributed by atoms with Gasteiger partial charge in [0.2, 0.25) is 5.91 Å². The Kier molecular flexibility index (Phi) is 7.50. The molecule has 3 atom stereocenters. The van der Waals surface area contributed by atoms with Crippen molar-refractivity contribution in [1.82, 2.24) is 10.6 Å². The van der Waals surface area contributed by atoms with Gasteiger partial charge in [-0.3, -0.25) is 4.79 Å². The number of aliphatic carboxylic acids is 1. The van der Waals surface area contributed by atoms with Gasteiger partial charge in [0.1, 0.15) is 12.6 Å². The van der Waals surface area contributed by atoms with Crippen LogP contribution in [0.25, 0.3) is 11.1 Å². The first kappa shape index (κ1) is 23.8. The van der Waals surface area contributed by atoms with Gasteiger partial charge in [-0.25, -0.2) is 9.59 Å². The third-order valence-corrected chi connectivity index (χ3v) is 6.96. The Labute approximate surface area is 199 Å². The number of unbranched alkanes of at least 4 members (excludes halogenated alkanes) is 1. The number of rotatable bonds is 9. The van der Waals surface area contributed by atoms with Crippen molar-refractivity contribution in [3.8, 4) is 11.1 Å². The maximum Gasteiger partial charge on any atom is 0.407 e. The molecule has 7 heteroatoms. The Morgan fingerprint density at radius 1 is 1.03 bits per heavy atom. The summed E-state index contributed by atoms with van der Waals surface area (Å²) < 4.78 is 5.63. The first-order valence-electron chi connectivity index (χ1n) is 12.1. The molecule has 2 aliphatic carbocycles. The number of carboxylic acid groups (broad SMARTS) is 1. The van der Waals surface area contributed by atoms with Crippen LogP contribution in [0.4, 0.5) is 4.79 Å². The Morgan fingerprint density at radius 3 is 2.29 bits per heavy atom. The summed E-state index contributed by atoms with van der Waals surface area (Å²) in [7, 11) is 0. The Balaban J connectivity index is 1.35. The van der Waals surface area contributed by atoms with Crippen molar-refractivity contribution in [2.24, 2.45) is 5.92 Å². The minimum Gasteiger partial charge on any atom is -0.480 e. The molecule has 2 aromatic rings. The van der Waals surface area contributed by atoms with Gasteiger partial charge in [0, 0.05) is 12.0 Å². The van der Waals surface area contributed by atoms with Crippen LogP contribution < -0.4 is 10.6 Å². The lowest BCUT2D eigenvalue weighted by molar-refractivity contribution is -0.142. The van der Waals surface area contributed by atoms with Gasteiger partial charge in [-0.05, 0) is 41.5 Å². The van der Waals surface area contributed by atoms with Gasteiger partial charge < -0.3 is 20.5 Å². The van der Waals surface area contributed by atoms with Crippen LogP contribution in [-0.2, 0) is 14.3 Å². The van der Waals surface area contributed by atoms with Gasteiger partial charge in [0.25, 0.3) is 0 Å². The van der Waals surface area contributed by atoms with Gasteiger partial charge in [0.05, 0.1) is 5.92 Å². The number of carboxylic acids is 1. The van der Waals surface area contributed by atoms with Crippen molar-refractivity contribution in [1.29, 1.82) is 0 Å². The molecular formula is C27H32N2O5. The number of ether oxygens (including phenoxy) is 1. The molecule has 180 valence electrons. The third-order valence-electron chi connectivity index (χ3n) is 6.96. The zero-order chi connectivity index (χ0) is 24.1. The van der Waals surface area contributed by atoms with Crippen LogP contribution in [0.1, 0.15) is 62.5 Å². The summed E-state index contributed by atoms with van der Waals surface area (Å²) in [4.78, 5) is 36.9. The van der Waals surface area contributed by atoms with Crippen molar-refractivity contribution in [3.63, 3.8) is 0 Å². The first-order valence-corrected chi connectivity index (χ1v) is 12.1. The lowest BCUT2D eigenvalue weighted by Gasteiger charge is -2.23. The fraction of sp³-hybridized carbons (Fsp3) is 0.444. The maximum absolute atomic E-state index is 12.8. The van der Waals surface area contributed by atoms with Crippen molar-refractivity contribution >= 4 is 18.0 Å². The fourth-order valence-corrected chi connectivity index (χ4v) is 5.18. The highest BCUT2D eigenvalue weighted by Crippen LogP contribution is 2.44. The maximum atomic E-state index is 12.8. The largest absolute Gasteiger partial charge is 0.480 e. The molecular weight excluding hydrogens is 432 g/mol. The van der Waals surface area contributed by atoms with Crippen LogP contribution in [0.2, 0.25) is 0 Å². The normalized spacial score (nSPS) is 19.7. The van der Waals surface area contributed by atoms with E-state index in [2.05, 4.69) is 34.9 Å². The van der Waals surface area contributed by atoms with Crippen LogP contribution in [0, 0.1) is 5.92 Å². The third kappa shape index (κ3) is 5.08. The highest BCUT2D eigenvalue weighted by atomic mass is 16.5. The minimum atomic E-state index is -1.03. The second-order valence-corrected chi connectivity index (χ2v) is 9.16. The molecule has 0 aliphatic heterocycles. The van der Waals surface area contributed by atoms with E-state index < -0.39 is 24.0 Å². The monoisotopic (exact) mass is 464 g/mol. The van der Waals surface area contributed by atoms with Crippen molar-refractivity contribution in [2.75, 3.05) is 6.61 Å². The van der Waals surface area contributed by atoms with E-state index >= 15 is 0 Å². The lowest BCUT2D eigenvalue weighted by Crippen LogP contribution is -2.48. The van der Waals surface area contributed by atoms with Crippen LogP contribution in [-0.4, -0.2) is 41.8 Å². The molecule has 4 rings (SSSR count). The standard InChI is InChI=1S/C27H32N2O5/c1-2-3-14-24(26(31)32)28-25(30)21-13-8-15-23(21)29-27(33)34-16-22-19-11-6-4-9-17(19)18-10-5-7-12-20(18)22/h4-7,9-12,21-24H,2-3,8,13-16H2,1H3,(H,28,30)(H,29,33)(H,31,32)/t21-,23+,24?/m1/s1. The summed E-state index contributed by atoms with van der Waals surface area (Å²) >= 11 is 0. The number of carbonyl (C=O) groups excluding carboxylic acids is 2. The van der Waals surface area contributed by atoms with Crippen LogP contribution >= 0.6 is 0 Å². The predicted octanol–water partition coefficient (Wildman–Crippen LogP) is 4.45. The number of nitrogens with one attached hydrogen (secondary N) is 2. The number of hydrogen-bond donors (Lipinski definition) is 3. The number of amides is 2. The molecule has 34 heavy (non-hydrogen) atoms. The summed E-state index contributed by atoms with van der Waals surface area (Å²) in [6.45, 7) is 2.19. The molecule has 2 amide bonds. The van der Waals surface area contributed by atoms with Gasteiger partial charge in [-0.2, -0.15) is 0 Å². The number of alkyl carbamates (subject to hydrolysis) is 1. The molecule has 0 saturated heterocycles. The summed E-state index contributed by atoms with van der Waals surface area (Å²) in [5.74, 6) is -1.83. The quantitative estimate of drug-likeness (QED) is 0.508. The van der Waals surface area contributed by atoms with E-state index in [1.54, 1.807) is 0 Å². The lowest BCUT2D eigenvalue weighted by atomic mass is 9.98. The Hall–Kier alpha value is -3.35. The molecule has 0 heterocycles. The van der Waals surface area contributed by atoms with Crippen LogP contribution in [0.3, 0.4) is 0 Å². The molecule has 7 nitrogen and oxygen atoms in total. The van der Waals surface area contributed by atoms with Crippen LogP contribution in [0.15, 0.2) is 48.5 Å². The molecule has 1 fully saturated rings. The second-order valence-electron chi connectivity index (χ2n) is 9.16. The molecule has 0 aromatic heterocycles. The van der Waals surface area contributed by atoms with Gasteiger partial charge in [-0.15, -0.1) is 0 Å². The van der Waals surface area contributed by atoms with Crippen LogP contribution in [0.5, 0.6) is 0 Å².